The molecule has 18 heavy (non-hydrogen) atoms. The Labute approximate surface area is 110 Å². The van der Waals surface area contributed by atoms with E-state index in [0.29, 0.717) is 17.8 Å². The summed E-state index contributed by atoms with van der Waals surface area (Å²) in [4.78, 5) is 7.83. The van der Waals surface area contributed by atoms with Crippen molar-refractivity contribution in [3.8, 4) is 10.7 Å². The van der Waals surface area contributed by atoms with Gasteiger partial charge >= 0.3 is 0 Å². The van der Waals surface area contributed by atoms with E-state index in [-0.39, 0.29) is 0 Å². The number of hydrogen-bond acceptors (Lipinski definition) is 6. The van der Waals surface area contributed by atoms with Gasteiger partial charge in [0.2, 0.25) is 11.7 Å². The Balaban J connectivity index is 1.64. The Kier molecular flexibility index (Phi) is 3.40. The summed E-state index contributed by atoms with van der Waals surface area (Å²) in [6.07, 6.45) is 1.18. The molecule has 0 aromatic carbocycles. The van der Waals surface area contributed by atoms with Gasteiger partial charge in [-0.3, -0.25) is 4.90 Å². The third-order valence-corrected chi connectivity index (χ3v) is 4.11. The third-order valence-electron chi connectivity index (χ3n) is 3.25. The van der Waals surface area contributed by atoms with Gasteiger partial charge in [-0.2, -0.15) is 4.98 Å². The summed E-state index contributed by atoms with van der Waals surface area (Å²) in [6, 6.07) is 4.59. The van der Waals surface area contributed by atoms with Gasteiger partial charge in [0.1, 0.15) is 0 Å². The zero-order chi connectivity index (χ0) is 12.4. The Morgan fingerprint density at radius 3 is 3.28 bits per heavy atom. The van der Waals surface area contributed by atoms with Gasteiger partial charge in [-0.1, -0.05) is 11.2 Å². The first-order valence-corrected chi connectivity index (χ1v) is 6.99. The molecule has 1 saturated heterocycles. The number of aromatic nitrogens is 2. The maximum atomic E-state index is 5.30. The summed E-state index contributed by atoms with van der Waals surface area (Å²) in [7, 11) is 2.01. The fourth-order valence-electron chi connectivity index (χ4n) is 2.23. The number of thiophene rings is 1. The lowest BCUT2D eigenvalue weighted by molar-refractivity contribution is 0.263. The van der Waals surface area contributed by atoms with Crippen LogP contribution in [-0.4, -0.2) is 41.2 Å². The van der Waals surface area contributed by atoms with E-state index >= 15 is 0 Å². The Hall–Kier alpha value is -1.24. The first-order chi connectivity index (χ1) is 8.85. The van der Waals surface area contributed by atoms with E-state index < -0.39 is 0 Å². The second-order valence-electron chi connectivity index (χ2n) is 4.50. The van der Waals surface area contributed by atoms with Crippen molar-refractivity contribution >= 4 is 11.3 Å². The highest BCUT2D eigenvalue weighted by Gasteiger charge is 2.22. The van der Waals surface area contributed by atoms with Gasteiger partial charge in [-0.25, -0.2) is 0 Å². The largest absolute Gasteiger partial charge is 0.338 e. The van der Waals surface area contributed by atoms with Crippen molar-refractivity contribution in [2.45, 2.75) is 19.0 Å². The zero-order valence-corrected chi connectivity index (χ0v) is 11.1. The standard InChI is InChI=1S/C12H16N4OS/c1-13-9-4-5-16(7-9)8-11-14-12(15-17-11)10-3-2-6-18-10/h2-3,6,9,13H,4-5,7-8H2,1H3. The number of rotatable bonds is 4. The van der Waals surface area contributed by atoms with Crippen molar-refractivity contribution in [1.82, 2.24) is 20.4 Å². The molecule has 1 N–H and O–H groups in total. The monoisotopic (exact) mass is 264 g/mol. The van der Waals surface area contributed by atoms with Crippen LogP contribution in [0, 0.1) is 0 Å². The van der Waals surface area contributed by atoms with Crippen molar-refractivity contribution in [1.29, 1.82) is 0 Å². The highest BCUT2D eigenvalue weighted by molar-refractivity contribution is 7.13. The molecule has 1 aliphatic heterocycles. The number of nitrogens with zero attached hydrogens (tertiary/aromatic N) is 3. The van der Waals surface area contributed by atoms with Crippen LogP contribution in [0.3, 0.4) is 0 Å². The van der Waals surface area contributed by atoms with E-state index in [9.17, 15) is 0 Å². The van der Waals surface area contributed by atoms with Gasteiger partial charge in [-0.05, 0) is 24.9 Å². The molecule has 3 rings (SSSR count). The molecular weight excluding hydrogens is 248 g/mol. The molecule has 96 valence electrons. The van der Waals surface area contributed by atoms with Crippen LogP contribution in [0.5, 0.6) is 0 Å². The lowest BCUT2D eigenvalue weighted by Gasteiger charge is -2.12. The maximum absolute atomic E-state index is 5.30. The predicted molar refractivity (Wildman–Crippen MR) is 70.4 cm³/mol. The fourth-order valence-corrected chi connectivity index (χ4v) is 2.88. The van der Waals surface area contributed by atoms with E-state index in [1.54, 1.807) is 11.3 Å². The van der Waals surface area contributed by atoms with Crippen LogP contribution in [0.15, 0.2) is 22.0 Å². The molecule has 1 atom stereocenters. The molecule has 1 unspecified atom stereocenters. The molecule has 1 fully saturated rings. The average molecular weight is 264 g/mol. The molecule has 2 aromatic rings. The molecule has 2 aromatic heterocycles. The molecular formula is C12H16N4OS. The Morgan fingerprint density at radius 2 is 2.56 bits per heavy atom. The summed E-state index contributed by atoms with van der Waals surface area (Å²) < 4.78 is 5.30. The molecule has 0 aliphatic carbocycles. The van der Waals surface area contributed by atoms with E-state index in [2.05, 4.69) is 20.4 Å². The molecule has 0 spiro atoms. The van der Waals surface area contributed by atoms with E-state index in [1.165, 1.54) is 6.42 Å². The van der Waals surface area contributed by atoms with Crippen LogP contribution in [0.1, 0.15) is 12.3 Å². The average Bonchev–Trinajstić information content (AvgIpc) is 3.10. The SMILES string of the molecule is CNC1CCN(Cc2nc(-c3cccs3)no2)C1. The number of likely N-dealkylation sites (N-methyl/N-ethyl adjacent to an activating group) is 1. The Morgan fingerprint density at radius 1 is 1.61 bits per heavy atom. The predicted octanol–water partition coefficient (Wildman–Crippen LogP) is 1.59. The molecule has 0 radical (unpaired) electrons. The number of hydrogen-bond donors (Lipinski definition) is 1. The molecule has 0 amide bonds. The normalized spacial score (nSPS) is 20.6. The summed E-state index contributed by atoms with van der Waals surface area (Å²) in [5.74, 6) is 1.40. The van der Waals surface area contributed by atoms with Gasteiger partial charge in [0, 0.05) is 19.1 Å². The quantitative estimate of drug-likeness (QED) is 0.909. The van der Waals surface area contributed by atoms with Crippen molar-refractivity contribution < 1.29 is 4.52 Å². The summed E-state index contributed by atoms with van der Waals surface area (Å²) in [5, 5.41) is 9.34. The van der Waals surface area contributed by atoms with Gasteiger partial charge in [-0.15, -0.1) is 11.3 Å². The van der Waals surface area contributed by atoms with Gasteiger partial charge < -0.3 is 9.84 Å². The van der Waals surface area contributed by atoms with E-state index in [4.69, 9.17) is 4.52 Å². The highest BCUT2D eigenvalue weighted by Crippen LogP contribution is 2.22. The van der Waals surface area contributed by atoms with Crippen molar-refractivity contribution in [3.63, 3.8) is 0 Å². The fraction of sp³-hybridized carbons (Fsp3) is 0.500. The molecule has 3 heterocycles. The van der Waals surface area contributed by atoms with Crippen LogP contribution >= 0.6 is 11.3 Å². The first-order valence-electron chi connectivity index (χ1n) is 6.11. The minimum Gasteiger partial charge on any atom is -0.338 e. The summed E-state index contributed by atoms with van der Waals surface area (Å²) >= 11 is 1.63. The van der Waals surface area contributed by atoms with Crippen LogP contribution in [0.25, 0.3) is 10.7 Å². The first kappa shape index (κ1) is 11.8. The minimum atomic E-state index is 0.588. The molecule has 0 bridgehead atoms. The number of nitrogens with one attached hydrogen (secondary N) is 1. The van der Waals surface area contributed by atoms with E-state index in [1.807, 2.05) is 24.6 Å². The van der Waals surface area contributed by atoms with Gasteiger partial charge in [0.15, 0.2) is 0 Å². The molecule has 0 saturated carbocycles. The van der Waals surface area contributed by atoms with Crippen LogP contribution in [0.4, 0.5) is 0 Å². The Bertz CT molecular complexity index is 496. The zero-order valence-electron chi connectivity index (χ0n) is 10.3. The van der Waals surface area contributed by atoms with E-state index in [0.717, 1.165) is 24.5 Å². The molecule has 1 aliphatic rings. The van der Waals surface area contributed by atoms with Crippen LogP contribution in [-0.2, 0) is 6.54 Å². The van der Waals surface area contributed by atoms with Gasteiger partial charge in [0.05, 0.1) is 11.4 Å². The highest BCUT2D eigenvalue weighted by atomic mass is 32.1. The smallest absolute Gasteiger partial charge is 0.241 e. The third kappa shape index (κ3) is 2.45. The van der Waals surface area contributed by atoms with Crippen molar-refractivity contribution in [2.24, 2.45) is 0 Å². The van der Waals surface area contributed by atoms with Crippen LogP contribution < -0.4 is 5.32 Å². The summed E-state index contributed by atoms with van der Waals surface area (Å²) in [5.41, 5.74) is 0. The van der Waals surface area contributed by atoms with Crippen LogP contribution in [0.2, 0.25) is 0 Å². The topological polar surface area (TPSA) is 54.2 Å². The maximum Gasteiger partial charge on any atom is 0.241 e. The lowest BCUT2D eigenvalue weighted by Crippen LogP contribution is -2.29. The minimum absolute atomic E-state index is 0.588. The van der Waals surface area contributed by atoms with Crippen molar-refractivity contribution in [2.75, 3.05) is 20.1 Å². The van der Waals surface area contributed by atoms with Gasteiger partial charge in [0.25, 0.3) is 0 Å². The second-order valence-corrected chi connectivity index (χ2v) is 5.45. The second kappa shape index (κ2) is 5.17. The van der Waals surface area contributed by atoms with Crippen molar-refractivity contribution in [3.05, 3.63) is 23.4 Å². The number of likely N-dealkylation sites (tertiary alicyclic amines) is 1. The summed E-state index contributed by atoms with van der Waals surface area (Å²) in [6.45, 7) is 2.88. The molecule has 6 heteroatoms. The molecule has 5 nitrogen and oxygen atoms in total. The lowest BCUT2D eigenvalue weighted by atomic mass is 10.3.